The molecule has 0 radical (unpaired) electrons. The van der Waals surface area contributed by atoms with Crippen LogP contribution in [-0.2, 0) is 0 Å². The van der Waals surface area contributed by atoms with Crippen molar-refractivity contribution in [3.63, 3.8) is 0 Å². The van der Waals surface area contributed by atoms with Crippen molar-refractivity contribution in [3.8, 4) is 0 Å². The summed E-state index contributed by atoms with van der Waals surface area (Å²) in [5, 5.41) is 0. The molecular formula is C12H20N2S. The Labute approximate surface area is 96.7 Å². The van der Waals surface area contributed by atoms with Gasteiger partial charge in [-0.1, -0.05) is 27.7 Å². The van der Waals surface area contributed by atoms with Gasteiger partial charge < -0.3 is 5.73 Å². The summed E-state index contributed by atoms with van der Waals surface area (Å²) in [5.74, 6) is 0. The van der Waals surface area contributed by atoms with Crippen molar-refractivity contribution >= 4 is 11.8 Å². The van der Waals surface area contributed by atoms with Crippen LogP contribution >= 0.6 is 11.8 Å². The summed E-state index contributed by atoms with van der Waals surface area (Å²) in [6, 6.07) is 4.20. The number of hydrogen-bond acceptors (Lipinski definition) is 3. The molecule has 0 spiro atoms. The number of nitrogens with two attached hydrogens (primary N) is 1. The lowest BCUT2D eigenvalue weighted by molar-refractivity contribution is 0.673. The lowest BCUT2D eigenvalue weighted by Crippen LogP contribution is -2.11. The topological polar surface area (TPSA) is 38.9 Å². The molecule has 0 aromatic carbocycles. The van der Waals surface area contributed by atoms with Crippen LogP contribution in [0.2, 0.25) is 0 Å². The minimum absolute atomic E-state index is 0.0682. The van der Waals surface area contributed by atoms with Crippen molar-refractivity contribution in [2.45, 2.75) is 49.8 Å². The fourth-order valence-electron chi connectivity index (χ4n) is 1.23. The normalized spacial score (nSPS) is 13.9. The van der Waals surface area contributed by atoms with Crippen LogP contribution in [0.1, 0.15) is 45.9 Å². The first-order valence-corrected chi connectivity index (χ1v) is 6.14. The van der Waals surface area contributed by atoms with Crippen molar-refractivity contribution in [2.75, 3.05) is 0 Å². The van der Waals surface area contributed by atoms with Crippen LogP contribution in [0.25, 0.3) is 0 Å². The molecule has 0 bridgehead atoms. The molecule has 0 aliphatic carbocycles. The van der Waals surface area contributed by atoms with Gasteiger partial charge in [-0.05, 0) is 18.6 Å². The first-order valence-electron chi connectivity index (χ1n) is 5.33. The van der Waals surface area contributed by atoms with E-state index < -0.39 is 0 Å². The summed E-state index contributed by atoms with van der Waals surface area (Å²) in [5.41, 5.74) is 6.88. The largest absolute Gasteiger partial charge is 0.323 e. The van der Waals surface area contributed by atoms with E-state index in [1.807, 2.05) is 24.0 Å². The van der Waals surface area contributed by atoms with E-state index in [-0.39, 0.29) is 10.8 Å². The third kappa shape index (κ3) is 4.22. The van der Waals surface area contributed by atoms with Gasteiger partial charge in [0.1, 0.15) is 0 Å². The molecule has 1 rings (SSSR count). The Morgan fingerprint density at radius 2 is 2.07 bits per heavy atom. The van der Waals surface area contributed by atoms with Gasteiger partial charge in [-0.2, -0.15) is 0 Å². The SMILES string of the molecule is CC[C@@H](N)c1ccc(SC(C)(C)C)cn1. The fourth-order valence-corrected chi connectivity index (χ4v) is 2.18. The van der Waals surface area contributed by atoms with Crippen LogP contribution in [0.3, 0.4) is 0 Å². The first-order chi connectivity index (χ1) is 6.92. The summed E-state index contributed by atoms with van der Waals surface area (Å²) < 4.78 is 0.232. The standard InChI is InChI=1S/C12H20N2S/c1-5-10(13)11-7-6-9(8-14-11)15-12(2,3)4/h6-8,10H,5,13H2,1-4H3/t10-/m1/s1. The number of aromatic nitrogens is 1. The monoisotopic (exact) mass is 224 g/mol. The fraction of sp³-hybridized carbons (Fsp3) is 0.583. The zero-order chi connectivity index (χ0) is 11.5. The first kappa shape index (κ1) is 12.5. The summed E-state index contributed by atoms with van der Waals surface area (Å²) in [7, 11) is 0. The minimum atomic E-state index is 0.0682. The zero-order valence-corrected chi connectivity index (χ0v) is 10.8. The molecule has 0 unspecified atom stereocenters. The molecule has 1 atom stereocenters. The number of thioether (sulfide) groups is 1. The lowest BCUT2D eigenvalue weighted by atomic mass is 10.1. The predicted octanol–water partition coefficient (Wildman–Crippen LogP) is 3.38. The Hall–Kier alpha value is -0.540. The molecule has 0 amide bonds. The van der Waals surface area contributed by atoms with Gasteiger partial charge in [0.25, 0.3) is 0 Å². The van der Waals surface area contributed by atoms with E-state index in [4.69, 9.17) is 5.73 Å². The number of nitrogens with zero attached hydrogens (tertiary/aromatic N) is 1. The maximum Gasteiger partial charge on any atom is 0.0571 e. The molecule has 1 aromatic heterocycles. The van der Waals surface area contributed by atoms with Crippen molar-refractivity contribution in [1.29, 1.82) is 0 Å². The van der Waals surface area contributed by atoms with Crippen molar-refractivity contribution in [3.05, 3.63) is 24.0 Å². The van der Waals surface area contributed by atoms with Gasteiger partial charge in [-0.3, -0.25) is 4.98 Å². The summed E-state index contributed by atoms with van der Waals surface area (Å²) in [6.45, 7) is 8.67. The van der Waals surface area contributed by atoms with E-state index in [0.29, 0.717) is 0 Å². The number of pyridine rings is 1. The molecule has 2 N–H and O–H groups in total. The molecule has 1 aromatic rings. The molecule has 0 saturated carbocycles. The number of hydrogen-bond donors (Lipinski definition) is 1. The smallest absolute Gasteiger partial charge is 0.0571 e. The average Bonchev–Trinajstić information content (AvgIpc) is 2.15. The van der Waals surface area contributed by atoms with Crippen molar-refractivity contribution in [1.82, 2.24) is 4.98 Å². The van der Waals surface area contributed by atoms with E-state index in [9.17, 15) is 0 Å². The average molecular weight is 224 g/mol. The maximum absolute atomic E-state index is 5.90. The van der Waals surface area contributed by atoms with E-state index >= 15 is 0 Å². The zero-order valence-electron chi connectivity index (χ0n) is 9.95. The lowest BCUT2D eigenvalue weighted by Gasteiger charge is -2.17. The Balaban J connectivity index is 2.72. The van der Waals surface area contributed by atoms with Crippen LogP contribution < -0.4 is 5.73 Å². The summed E-state index contributed by atoms with van der Waals surface area (Å²) in [4.78, 5) is 5.59. The third-order valence-corrected chi connectivity index (χ3v) is 3.09. The quantitative estimate of drug-likeness (QED) is 0.800. The molecule has 84 valence electrons. The molecule has 2 nitrogen and oxygen atoms in total. The third-order valence-electron chi connectivity index (χ3n) is 2.00. The van der Waals surface area contributed by atoms with Gasteiger partial charge in [0.05, 0.1) is 5.69 Å². The van der Waals surface area contributed by atoms with Gasteiger partial charge in [-0.25, -0.2) is 0 Å². The molecule has 15 heavy (non-hydrogen) atoms. The van der Waals surface area contributed by atoms with Gasteiger partial charge >= 0.3 is 0 Å². The van der Waals surface area contributed by atoms with Crippen molar-refractivity contribution in [2.24, 2.45) is 5.73 Å². The van der Waals surface area contributed by atoms with Gasteiger partial charge in [-0.15, -0.1) is 11.8 Å². The Kier molecular flexibility index (Phi) is 4.17. The van der Waals surface area contributed by atoms with Crippen molar-refractivity contribution < 1.29 is 0 Å². The van der Waals surface area contributed by atoms with Crippen LogP contribution in [0.15, 0.2) is 23.2 Å². The van der Waals surface area contributed by atoms with Crippen LogP contribution in [0.5, 0.6) is 0 Å². The molecule has 0 aliphatic heterocycles. The van der Waals surface area contributed by atoms with Gasteiger partial charge in [0.15, 0.2) is 0 Å². The molecule has 0 saturated heterocycles. The predicted molar refractivity (Wildman–Crippen MR) is 67.1 cm³/mol. The maximum atomic E-state index is 5.90. The molecule has 0 fully saturated rings. The second-order valence-corrected chi connectivity index (χ2v) is 6.55. The van der Waals surface area contributed by atoms with Crippen LogP contribution in [0.4, 0.5) is 0 Å². The minimum Gasteiger partial charge on any atom is -0.323 e. The Morgan fingerprint density at radius 3 is 2.47 bits per heavy atom. The van der Waals surface area contributed by atoms with Gasteiger partial charge in [0.2, 0.25) is 0 Å². The van der Waals surface area contributed by atoms with Gasteiger partial charge in [0, 0.05) is 21.9 Å². The highest BCUT2D eigenvalue weighted by molar-refractivity contribution is 8.00. The summed E-state index contributed by atoms with van der Waals surface area (Å²) in [6.07, 6.45) is 2.85. The highest BCUT2D eigenvalue weighted by Crippen LogP contribution is 2.31. The molecule has 0 aliphatic rings. The highest BCUT2D eigenvalue weighted by Gasteiger charge is 2.12. The second kappa shape index (κ2) is 4.99. The second-order valence-electron chi connectivity index (χ2n) is 4.65. The van der Waals surface area contributed by atoms with E-state index in [0.717, 1.165) is 12.1 Å². The molecule has 1 heterocycles. The van der Waals surface area contributed by atoms with E-state index in [1.54, 1.807) is 0 Å². The van der Waals surface area contributed by atoms with E-state index in [1.165, 1.54) is 4.90 Å². The summed E-state index contributed by atoms with van der Waals surface area (Å²) >= 11 is 1.83. The number of rotatable bonds is 3. The molecular weight excluding hydrogens is 204 g/mol. The van der Waals surface area contributed by atoms with E-state index in [2.05, 4.69) is 38.7 Å². The van der Waals surface area contributed by atoms with Crippen LogP contribution in [-0.4, -0.2) is 9.73 Å². The molecule has 3 heteroatoms. The highest BCUT2D eigenvalue weighted by atomic mass is 32.2. The van der Waals surface area contributed by atoms with Crippen LogP contribution in [0, 0.1) is 0 Å². The Bertz CT molecular complexity index is 300. The Morgan fingerprint density at radius 1 is 1.40 bits per heavy atom.